The number of rotatable bonds is 6. The highest BCUT2D eigenvalue weighted by Gasteiger charge is 2.27. The van der Waals surface area contributed by atoms with Gasteiger partial charge in [0, 0.05) is 12.6 Å². The summed E-state index contributed by atoms with van der Waals surface area (Å²) in [6.07, 6.45) is 2.09. The zero-order valence-electron chi connectivity index (χ0n) is 11.4. The van der Waals surface area contributed by atoms with Crippen molar-refractivity contribution in [3.63, 3.8) is 0 Å². The van der Waals surface area contributed by atoms with Gasteiger partial charge in [-0.2, -0.15) is 0 Å². The van der Waals surface area contributed by atoms with Crippen molar-refractivity contribution in [3.05, 3.63) is 29.3 Å². The van der Waals surface area contributed by atoms with E-state index in [0.29, 0.717) is 6.04 Å². The van der Waals surface area contributed by atoms with E-state index < -0.39 is 32.6 Å². The van der Waals surface area contributed by atoms with E-state index in [2.05, 4.69) is 5.32 Å². The third kappa shape index (κ3) is 3.46. The van der Waals surface area contributed by atoms with Crippen LogP contribution in [0.1, 0.15) is 25.3 Å². The molecule has 0 saturated heterocycles. The monoisotopic (exact) mass is 304 g/mol. The van der Waals surface area contributed by atoms with Crippen molar-refractivity contribution in [2.75, 3.05) is 11.3 Å². The van der Waals surface area contributed by atoms with Gasteiger partial charge in [-0.3, -0.25) is 4.72 Å². The number of hydrogen-bond donors (Lipinski definition) is 2. The summed E-state index contributed by atoms with van der Waals surface area (Å²) >= 11 is 0. The fourth-order valence-electron chi connectivity index (χ4n) is 1.72. The predicted molar refractivity (Wildman–Crippen MR) is 74.1 cm³/mol. The summed E-state index contributed by atoms with van der Waals surface area (Å²) in [7, 11) is -3.84. The first kappa shape index (κ1) is 15.2. The van der Waals surface area contributed by atoms with E-state index in [4.69, 9.17) is 0 Å². The molecule has 1 unspecified atom stereocenters. The summed E-state index contributed by atoms with van der Waals surface area (Å²) in [6, 6.07) is 2.68. The Morgan fingerprint density at radius 2 is 2.00 bits per heavy atom. The minimum atomic E-state index is -3.84. The number of hydrogen-bond acceptors (Lipinski definition) is 3. The molecular formula is C13H18F2N2O2S. The highest BCUT2D eigenvalue weighted by atomic mass is 32.2. The lowest BCUT2D eigenvalue weighted by molar-refractivity contribution is 0.567. The molecule has 0 amide bonds. The van der Waals surface area contributed by atoms with Crippen LogP contribution in [0.15, 0.2) is 12.1 Å². The fourth-order valence-corrected chi connectivity index (χ4v) is 2.71. The van der Waals surface area contributed by atoms with Gasteiger partial charge in [0.1, 0.15) is 11.5 Å². The van der Waals surface area contributed by atoms with E-state index >= 15 is 0 Å². The van der Waals surface area contributed by atoms with E-state index in [-0.39, 0.29) is 12.1 Å². The summed E-state index contributed by atoms with van der Waals surface area (Å²) in [5, 5.41) is 2.31. The molecule has 4 nitrogen and oxygen atoms in total. The van der Waals surface area contributed by atoms with E-state index in [1.165, 1.54) is 19.9 Å². The van der Waals surface area contributed by atoms with Crippen LogP contribution in [0, 0.1) is 18.6 Å². The molecule has 0 heterocycles. The van der Waals surface area contributed by atoms with Gasteiger partial charge in [0.15, 0.2) is 5.82 Å². The summed E-state index contributed by atoms with van der Waals surface area (Å²) in [6.45, 7) is 3.21. The molecule has 1 aliphatic carbocycles. The maximum Gasteiger partial charge on any atom is 0.236 e. The highest BCUT2D eigenvalue weighted by Crippen LogP contribution is 2.24. The van der Waals surface area contributed by atoms with Gasteiger partial charge < -0.3 is 5.32 Å². The third-order valence-electron chi connectivity index (χ3n) is 3.33. The number of benzene rings is 1. The average Bonchev–Trinajstić information content (AvgIpc) is 3.20. The molecule has 1 saturated carbocycles. The Morgan fingerprint density at radius 1 is 1.35 bits per heavy atom. The Bertz CT molecular complexity index is 601. The van der Waals surface area contributed by atoms with Crippen LogP contribution < -0.4 is 10.0 Å². The van der Waals surface area contributed by atoms with E-state index in [1.54, 1.807) is 0 Å². The van der Waals surface area contributed by atoms with Gasteiger partial charge in [-0.25, -0.2) is 17.2 Å². The molecule has 0 radical (unpaired) electrons. The Labute approximate surface area is 117 Å². The molecule has 1 fully saturated rings. The van der Waals surface area contributed by atoms with Crippen LogP contribution in [0.5, 0.6) is 0 Å². The molecule has 0 aliphatic heterocycles. The van der Waals surface area contributed by atoms with E-state index in [0.717, 1.165) is 18.9 Å². The number of nitrogens with one attached hydrogen (secondary N) is 2. The standard InChI is InChI=1S/C13H18F2N2O2S/c1-8-3-6-11(14)13(12(8)15)17-20(18,19)9(2)7-16-10-4-5-10/h3,6,9-10,16-17H,4-5,7H2,1-2H3. The first-order valence-electron chi connectivity index (χ1n) is 6.51. The van der Waals surface area contributed by atoms with Crippen LogP contribution in [0.4, 0.5) is 14.5 Å². The van der Waals surface area contributed by atoms with Gasteiger partial charge in [-0.1, -0.05) is 6.07 Å². The van der Waals surface area contributed by atoms with Crippen molar-refractivity contribution in [3.8, 4) is 0 Å². The van der Waals surface area contributed by atoms with Crippen molar-refractivity contribution >= 4 is 15.7 Å². The second-order valence-corrected chi connectivity index (χ2v) is 7.29. The molecule has 2 rings (SSSR count). The minimum Gasteiger partial charge on any atom is -0.313 e. The summed E-state index contributed by atoms with van der Waals surface area (Å²) < 4.78 is 53.5. The van der Waals surface area contributed by atoms with Crippen molar-refractivity contribution in [2.24, 2.45) is 0 Å². The molecule has 7 heteroatoms. The lowest BCUT2D eigenvalue weighted by Gasteiger charge is -2.16. The smallest absolute Gasteiger partial charge is 0.236 e. The molecule has 20 heavy (non-hydrogen) atoms. The van der Waals surface area contributed by atoms with Gasteiger partial charge in [0.2, 0.25) is 10.0 Å². The normalized spacial score (nSPS) is 17.0. The van der Waals surface area contributed by atoms with Gasteiger partial charge in [-0.05, 0) is 38.3 Å². The number of halogens is 2. The Morgan fingerprint density at radius 3 is 2.60 bits per heavy atom. The SMILES string of the molecule is Cc1ccc(F)c(NS(=O)(=O)C(C)CNC2CC2)c1F. The Balaban J connectivity index is 2.12. The van der Waals surface area contributed by atoms with Gasteiger partial charge in [0.25, 0.3) is 0 Å². The molecular weight excluding hydrogens is 286 g/mol. The number of sulfonamides is 1. The second-order valence-electron chi connectivity index (χ2n) is 5.19. The lowest BCUT2D eigenvalue weighted by Crippen LogP contribution is -2.36. The van der Waals surface area contributed by atoms with Crippen LogP contribution in [0.2, 0.25) is 0 Å². The zero-order chi connectivity index (χ0) is 14.9. The molecule has 2 N–H and O–H groups in total. The first-order valence-corrected chi connectivity index (χ1v) is 8.05. The summed E-state index contributed by atoms with van der Waals surface area (Å²) in [4.78, 5) is 0. The highest BCUT2D eigenvalue weighted by molar-refractivity contribution is 7.93. The first-order chi connectivity index (χ1) is 9.31. The molecule has 0 aromatic heterocycles. The van der Waals surface area contributed by atoms with Crippen molar-refractivity contribution < 1.29 is 17.2 Å². The molecule has 112 valence electrons. The molecule has 0 spiro atoms. The van der Waals surface area contributed by atoms with Crippen molar-refractivity contribution in [1.82, 2.24) is 5.32 Å². The fraction of sp³-hybridized carbons (Fsp3) is 0.538. The van der Waals surface area contributed by atoms with Gasteiger partial charge in [-0.15, -0.1) is 0 Å². The average molecular weight is 304 g/mol. The van der Waals surface area contributed by atoms with Crippen molar-refractivity contribution in [1.29, 1.82) is 0 Å². The quantitative estimate of drug-likeness (QED) is 0.846. The van der Waals surface area contributed by atoms with Crippen LogP contribution in [0.3, 0.4) is 0 Å². The molecule has 0 bridgehead atoms. The van der Waals surface area contributed by atoms with Crippen LogP contribution in [-0.4, -0.2) is 26.3 Å². The predicted octanol–water partition coefficient (Wildman–Crippen LogP) is 2.16. The van der Waals surface area contributed by atoms with E-state index in [9.17, 15) is 17.2 Å². The second kappa shape index (κ2) is 5.65. The van der Waals surface area contributed by atoms with Crippen LogP contribution in [-0.2, 0) is 10.0 Å². The van der Waals surface area contributed by atoms with Crippen molar-refractivity contribution in [2.45, 2.75) is 38.0 Å². The minimum absolute atomic E-state index is 0.188. The maximum atomic E-state index is 13.8. The Hall–Kier alpha value is -1.21. The number of anilines is 1. The molecule has 1 aliphatic rings. The lowest BCUT2D eigenvalue weighted by atomic mass is 10.2. The Kier molecular flexibility index (Phi) is 4.29. The maximum absolute atomic E-state index is 13.8. The largest absolute Gasteiger partial charge is 0.313 e. The number of aryl methyl sites for hydroxylation is 1. The zero-order valence-corrected chi connectivity index (χ0v) is 12.2. The van der Waals surface area contributed by atoms with Gasteiger partial charge in [0.05, 0.1) is 5.25 Å². The molecule has 1 atom stereocenters. The third-order valence-corrected chi connectivity index (χ3v) is 5.04. The molecule has 1 aromatic rings. The van der Waals surface area contributed by atoms with Crippen LogP contribution >= 0.6 is 0 Å². The summed E-state index contributed by atoms with van der Waals surface area (Å²) in [5.41, 5.74) is -0.420. The van der Waals surface area contributed by atoms with E-state index in [1.807, 2.05) is 4.72 Å². The topological polar surface area (TPSA) is 58.2 Å². The molecule has 1 aromatic carbocycles. The van der Waals surface area contributed by atoms with Crippen LogP contribution in [0.25, 0.3) is 0 Å². The van der Waals surface area contributed by atoms with Gasteiger partial charge >= 0.3 is 0 Å². The summed E-state index contributed by atoms with van der Waals surface area (Å²) in [5.74, 6) is -1.80.